The monoisotopic (exact) mass is 189 g/mol. The molecule has 0 aromatic rings. The first-order valence-corrected chi connectivity index (χ1v) is 3.82. The molecule has 0 spiro atoms. The van der Waals surface area contributed by atoms with E-state index >= 15 is 0 Å². The Morgan fingerprint density at radius 2 is 2.54 bits per heavy atom. The fourth-order valence-electron chi connectivity index (χ4n) is 1.02. The van der Waals surface area contributed by atoms with Crippen molar-refractivity contribution in [3.8, 4) is 0 Å². The zero-order chi connectivity index (χ0) is 9.84. The Kier molecular flexibility index (Phi) is 3.07. The lowest BCUT2D eigenvalue weighted by molar-refractivity contribution is -0.144. The predicted octanol–water partition coefficient (Wildman–Crippen LogP) is -0.462. The zero-order valence-electron chi connectivity index (χ0n) is 7.23. The lowest BCUT2D eigenvalue weighted by Gasteiger charge is -2.10. The van der Waals surface area contributed by atoms with Crippen molar-refractivity contribution >= 4 is 12.1 Å². The number of carbonyl (C=O) groups excluding carboxylic acids is 1. The first-order valence-electron chi connectivity index (χ1n) is 3.82. The van der Waals surface area contributed by atoms with Crippen molar-refractivity contribution in [3.63, 3.8) is 0 Å². The molecule has 0 aliphatic carbocycles. The van der Waals surface area contributed by atoms with E-state index in [9.17, 15) is 9.59 Å². The molecular formula is C7H11NO5. The van der Waals surface area contributed by atoms with Gasteiger partial charge >= 0.3 is 12.1 Å². The SMILES string of the molecule is COCCN1C[C@H](C(=O)O)OC1=O. The third kappa shape index (κ3) is 2.32. The molecule has 0 aromatic heterocycles. The summed E-state index contributed by atoms with van der Waals surface area (Å²) in [4.78, 5) is 22.7. The van der Waals surface area contributed by atoms with Crippen LogP contribution in [-0.2, 0) is 14.3 Å². The summed E-state index contributed by atoms with van der Waals surface area (Å²) < 4.78 is 9.32. The maximum absolute atomic E-state index is 11.0. The second-order valence-electron chi connectivity index (χ2n) is 2.65. The summed E-state index contributed by atoms with van der Waals surface area (Å²) >= 11 is 0. The first-order chi connectivity index (χ1) is 6.15. The molecule has 6 heteroatoms. The number of amides is 1. The molecule has 1 heterocycles. The Labute approximate surface area is 75.0 Å². The average molecular weight is 189 g/mol. The number of rotatable bonds is 4. The number of nitrogens with zero attached hydrogens (tertiary/aromatic N) is 1. The lowest BCUT2D eigenvalue weighted by Crippen LogP contribution is -2.30. The van der Waals surface area contributed by atoms with Crippen molar-refractivity contribution in [2.45, 2.75) is 6.10 Å². The number of hydrogen-bond acceptors (Lipinski definition) is 4. The van der Waals surface area contributed by atoms with Crippen LogP contribution >= 0.6 is 0 Å². The highest BCUT2D eigenvalue weighted by Gasteiger charge is 2.35. The molecule has 0 radical (unpaired) electrons. The molecule has 1 atom stereocenters. The van der Waals surface area contributed by atoms with Gasteiger partial charge in [-0.1, -0.05) is 0 Å². The maximum atomic E-state index is 11.0. The van der Waals surface area contributed by atoms with Crippen molar-refractivity contribution < 1.29 is 24.2 Å². The minimum atomic E-state index is -1.12. The molecule has 0 aromatic carbocycles. The van der Waals surface area contributed by atoms with Crippen LogP contribution in [0.15, 0.2) is 0 Å². The van der Waals surface area contributed by atoms with Gasteiger partial charge in [-0.25, -0.2) is 9.59 Å². The summed E-state index contributed by atoms with van der Waals surface area (Å²) in [5.74, 6) is -1.12. The molecule has 74 valence electrons. The van der Waals surface area contributed by atoms with E-state index in [1.165, 1.54) is 12.0 Å². The third-order valence-corrected chi connectivity index (χ3v) is 1.73. The number of aliphatic carboxylic acids is 1. The number of hydrogen-bond donors (Lipinski definition) is 1. The van der Waals surface area contributed by atoms with Crippen LogP contribution in [0.3, 0.4) is 0 Å². The molecule has 6 nitrogen and oxygen atoms in total. The van der Waals surface area contributed by atoms with Crippen LogP contribution in [-0.4, -0.2) is 55.0 Å². The normalized spacial score (nSPS) is 21.8. The smallest absolute Gasteiger partial charge is 0.410 e. The van der Waals surface area contributed by atoms with Gasteiger partial charge in [-0.05, 0) is 0 Å². The van der Waals surface area contributed by atoms with Gasteiger partial charge in [-0.3, -0.25) is 0 Å². The summed E-state index contributed by atoms with van der Waals surface area (Å²) in [5, 5.41) is 8.54. The fourth-order valence-corrected chi connectivity index (χ4v) is 1.02. The third-order valence-electron chi connectivity index (χ3n) is 1.73. The molecule has 1 fully saturated rings. The van der Waals surface area contributed by atoms with Gasteiger partial charge in [0.1, 0.15) is 0 Å². The second-order valence-corrected chi connectivity index (χ2v) is 2.65. The van der Waals surface area contributed by atoms with Gasteiger partial charge in [0.15, 0.2) is 0 Å². The number of carboxylic acids is 1. The fraction of sp³-hybridized carbons (Fsp3) is 0.714. The highest BCUT2D eigenvalue weighted by atomic mass is 16.6. The molecule has 0 bridgehead atoms. The highest BCUT2D eigenvalue weighted by molar-refractivity contribution is 5.81. The van der Waals surface area contributed by atoms with Gasteiger partial charge in [-0.15, -0.1) is 0 Å². The molecule has 0 unspecified atom stereocenters. The van der Waals surface area contributed by atoms with Crippen molar-refractivity contribution in [2.75, 3.05) is 26.8 Å². The van der Waals surface area contributed by atoms with E-state index in [0.717, 1.165) is 0 Å². The molecule has 1 saturated heterocycles. The summed E-state index contributed by atoms with van der Waals surface area (Å²) in [6.07, 6.45) is -1.63. The van der Waals surface area contributed by atoms with Crippen molar-refractivity contribution in [2.24, 2.45) is 0 Å². The van der Waals surface area contributed by atoms with Crippen LogP contribution in [0, 0.1) is 0 Å². The van der Waals surface area contributed by atoms with Crippen LogP contribution in [0.2, 0.25) is 0 Å². The number of carboxylic acid groups (broad SMARTS) is 1. The molecule has 1 amide bonds. The van der Waals surface area contributed by atoms with Gasteiger partial charge in [0.2, 0.25) is 6.10 Å². The van der Waals surface area contributed by atoms with Crippen LogP contribution in [0.25, 0.3) is 0 Å². The van der Waals surface area contributed by atoms with E-state index in [0.29, 0.717) is 13.2 Å². The zero-order valence-corrected chi connectivity index (χ0v) is 7.23. The average Bonchev–Trinajstić information content (AvgIpc) is 2.44. The van der Waals surface area contributed by atoms with Crippen molar-refractivity contribution in [1.82, 2.24) is 4.90 Å². The van der Waals surface area contributed by atoms with E-state index in [-0.39, 0.29) is 6.54 Å². The Morgan fingerprint density at radius 1 is 1.85 bits per heavy atom. The standard InChI is InChI=1S/C7H11NO5/c1-12-3-2-8-4-5(6(9)10)13-7(8)11/h5H,2-4H2,1H3,(H,9,10)/t5-/m1/s1. The van der Waals surface area contributed by atoms with Crippen LogP contribution in [0.1, 0.15) is 0 Å². The summed E-state index contributed by atoms with van der Waals surface area (Å²) in [6, 6.07) is 0. The largest absolute Gasteiger partial charge is 0.478 e. The molecule has 13 heavy (non-hydrogen) atoms. The number of methoxy groups -OCH3 is 1. The second kappa shape index (κ2) is 4.08. The maximum Gasteiger partial charge on any atom is 0.410 e. The van der Waals surface area contributed by atoms with Gasteiger partial charge in [0, 0.05) is 13.7 Å². The first kappa shape index (κ1) is 9.79. The van der Waals surface area contributed by atoms with E-state index in [2.05, 4.69) is 4.74 Å². The Hall–Kier alpha value is -1.30. The molecular weight excluding hydrogens is 178 g/mol. The van der Waals surface area contributed by atoms with Crippen LogP contribution < -0.4 is 0 Å². The molecule has 1 aliphatic heterocycles. The summed E-state index contributed by atoms with van der Waals surface area (Å²) in [6.45, 7) is 0.831. The number of cyclic esters (lactones) is 1. The molecule has 1 rings (SSSR count). The van der Waals surface area contributed by atoms with Gasteiger partial charge in [0.25, 0.3) is 0 Å². The molecule has 1 N–H and O–H groups in total. The summed E-state index contributed by atoms with van der Waals surface area (Å²) in [7, 11) is 1.51. The van der Waals surface area contributed by atoms with E-state index in [1.54, 1.807) is 0 Å². The Balaban J connectivity index is 2.42. The number of carbonyl (C=O) groups is 2. The minimum absolute atomic E-state index is 0.0948. The minimum Gasteiger partial charge on any atom is -0.478 e. The topological polar surface area (TPSA) is 76.1 Å². The molecule has 0 saturated carbocycles. The Bertz CT molecular complexity index is 217. The Morgan fingerprint density at radius 3 is 3.00 bits per heavy atom. The van der Waals surface area contributed by atoms with E-state index < -0.39 is 18.2 Å². The predicted molar refractivity (Wildman–Crippen MR) is 41.4 cm³/mol. The molecule has 1 aliphatic rings. The van der Waals surface area contributed by atoms with Gasteiger partial charge in [-0.2, -0.15) is 0 Å². The summed E-state index contributed by atoms with van der Waals surface area (Å²) in [5.41, 5.74) is 0. The van der Waals surface area contributed by atoms with Gasteiger partial charge in [0.05, 0.1) is 13.2 Å². The van der Waals surface area contributed by atoms with Crippen LogP contribution in [0.5, 0.6) is 0 Å². The van der Waals surface area contributed by atoms with Crippen LogP contribution in [0.4, 0.5) is 4.79 Å². The van der Waals surface area contributed by atoms with Gasteiger partial charge < -0.3 is 19.5 Å². The van der Waals surface area contributed by atoms with Crippen molar-refractivity contribution in [1.29, 1.82) is 0 Å². The quantitative estimate of drug-likeness (QED) is 0.647. The highest BCUT2D eigenvalue weighted by Crippen LogP contribution is 2.10. The van der Waals surface area contributed by atoms with E-state index in [4.69, 9.17) is 9.84 Å². The van der Waals surface area contributed by atoms with E-state index in [1.807, 2.05) is 0 Å². The lowest BCUT2D eigenvalue weighted by atomic mass is 10.3. The van der Waals surface area contributed by atoms with Crippen molar-refractivity contribution in [3.05, 3.63) is 0 Å². The number of ether oxygens (including phenoxy) is 2.